The summed E-state index contributed by atoms with van der Waals surface area (Å²) in [6, 6.07) is 8.43. The average molecular weight is 190 g/mol. The van der Waals surface area contributed by atoms with Gasteiger partial charge in [-0.05, 0) is 24.3 Å². The topological polar surface area (TPSA) is 17.1 Å². The van der Waals surface area contributed by atoms with Crippen molar-refractivity contribution in [2.75, 3.05) is 0 Å². The molecule has 14 heavy (non-hydrogen) atoms. The van der Waals surface area contributed by atoms with E-state index in [0.717, 1.165) is 6.29 Å². The van der Waals surface area contributed by atoms with E-state index in [1.807, 2.05) is 0 Å². The van der Waals surface area contributed by atoms with Crippen LogP contribution in [0.15, 0.2) is 24.3 Å². The van der Waals surface area contributed by atoms with E-state index < -0.39 is 0 Å². The molecule has 1 atom stereocenters. The van der Waals surface area contributed by atoms with Gasteiger partial charge in [-0.25, -0.2) is 0 Å². The van der Waals surface area contributed by atoms with Gasteiger partial charge in [-0.15, -0.1) is 0 Å². The highest BCUT2D eigenvalue weighted by Gasteiger charge is 2.14. The lowest BCUT2D eigenvalue weighted by atomic mass is 9.86. The number of hydrogen-bond acceptors (Lipinski definition) is 1. The molecule has 1 aromatic carbocycles. The zero-order chi connectivity index (χ0) is 10.6. The highest BCUT2D eigenvalue weighted by molar-refractivity contribution is 5.52. The molecule has 0 aliphatic carbocycles. The standard InChI is InChI=1S/C13H18O/c1-10(2)13(7-8-14)12-6-4-5-11(3)9-12/h4-6,8-10,13H,7H2,1-3H3. The van der Waals surface area contributed by atoms with Crippen LogP contribution in [0.25, 0.3) is 0 Å². The summed E-state index contributed by atoms with van der Waals surface area (Å²) in [5.74, 6) is 0.884. The predicted octanol–water partition coefficient (Wildman–Crippen LogP) is 3.32. The maximum Gasteiger partial charge on any atom is 0.120 e. The molecular weight excluding hydrogens is 172 g/mol. The molecule has 0 saturated carbocycles. The molecule has 1 rings (SSSR count). The van der Waals surface area contributed by atoms with Crippen LogP contribution in [0.5, 0.6) is 0 Å². The Kier molecular flexibility index (Phi) is 3.87. The van der Waals surface area contributed by atoms with Gasteiger partial charge in [0.1, 0.15) is 6.29 Å². The van der Waals surface area contributed by atoms with E-state index in [4.69, 9.17) is 0 Å². The molecule has 0 aromatic heterocycles. The summed E-state index contributed by atoms with van der Waals surface area (Å²) in [5.41, 5.74) is 2.55. The first-order chi connectivity index (χ1) is 6.65. The lowest BCUT2D eigenvalue weighted by Crippen LogP contribution is -2.07. The minimum Gasteiger partial charge on any atom is -0.303 e. The third-order valence-corrected chi connectivity index (χ3v) is 2.63. The molecule has 0 aliphatic heterocycles. The number of aryl methyl sites for hydroxylation is 1. The summed E-state index contributed by atoms with van der Waals surface area (Å²) < 4.78 is 0. The van der Waals surface area contributed by atoms with E-state index >= 15 is 0 Å². The Morgan fingerprint density at radius 3 is 2.57 bits per heavy atom. The maximum atomic E-state index is 10.6. The van der Waals surface area contributed by atoms with Gasteiger partial charge >= 0.3 is 0 Å². The summed E-state index contributed by atoms with van der Waals surface area (Å²) in [5, 5.41) is 0. The molecule has 76 valence electrons. The molecule has 0 fully saturated rings. The summed E-state index contributed by atoms with van der Waals surface area (Å²) in [4.78, 5) is 10.6. The van der Waals surface area contributed by atoms with Gasteiger partial charge in [0, 0.05) is 6.42 Å². The van der Waals surface area contributed by atoms with Crippen LogP contribution in [0.3, 0.4) is 0 Å². The van der Waals surface area contributed by atoms with Crippen LogP contribution in [0.4, 0.5) is 0 Å². The second-order valence-electron chi connectivity index (χ2n) is 4.17. The van der Waals surface area contributed by atoms with Gasteiger partial charge in [-0.2, -0.15) is 0 Å². The van der Waals surface area contributed by atoms with Crippen molar-refractivity contribution in [2.24, 2.45) is 5.92 Å². The van der Waals surface area contributed by atoms with E-state index in [9.17, 15) is 4.79 Å². The molecule has 1 nitrogen and oxygen atoms in total. The average Bonchev–Trinajstić information content (AvgIpc) is 2.13. The number of carbonyl (C=O) groups excluding carboxylic acids is 1. The third-order valence-electron chi connectivity index (χ3n) is 2.63. The Balaban J connectivity index is 2.92. The summed E-state index contributed by atoms with van der Waals surface area (Å²) in [6.45, 7) is 6.41. The zero-order valence-electron chi connectivity index (χ0n) is 9.16. The van der Waals surface area contributed by atoms with E-state index in [2.05, 4.69) is 45.0 Å². The first-order valence-corrected chi connectivity index (χ1v) is 5.15. The minimum absolute atomic E-state index is 0.368. The lowest BCUT2D eigenvalue weighted by molar-refractivity contribution is -0.108. The van der Waals surface area contributed by atoms with Crippen molar-refractivity contribution in [3.05, 3.63) is 35.4 Å². The summed E-state index contributed by atoms with van der Waals surface area (Å²) in [6.07, 6.45) is 1.65. The van der Waals surface area contributed by atoms with Crippen LogP contribution in [0.1, 0.15) is 37.3 Å². The lowest BCUT2D eigenvalue weighted by Gasteiger charge is -2.19. The Hall–Kier alpha value is -1.11. The second kappa shape index (κ2) is 4.94. The number of aldehydes is 1. The fourth-order valence-electron chi connectivity index (χ4n) is 1.80. The molecule has 0 bridgehead atoms. The highest BCUT2D eigenvalue weighted by atomic mass is 16.1. The van der Waals surface area contributed by atoms with Crippen molar-refractivity contribution in [3.63, 3.8) is 0 Å². The van der Waals surface area contributed by atoms with Gasteiger partial charge in [0.25, 0.3) is 0 Å². The van der Waals surface area contributed by atoms with Gasteiger partial charge in [0.15, 0.2) is 0 Å². The molecule has 0 radical (unpaired) electrons. The molecule has 0 amide bonds. The Bertz CT molecular complexity index is 302. The van der Waals surface area contributed by atoms with Crippen LogP contribution < -0.4 is 0 Å². The largest absolute Gasteiger partial charge is 0.303 e. The molecule has 0 aliphatic rings. The van der Waals surface area contributed by atoms with Crippen LogP contribution >= 0.6 is 0 Å². The van der Waals surface area contributed by atoms with Gasteiger partial charge in [0.05, 0.1) is 0 Å². The number of carbonyl (C=O) groups is 1. The Morgan fingerprint density at radius 2 is 2.07 bits per heavy atom. The maximum absolute atomic E-state index is 10.6. The van der Waals surface area contributed by atoms with Gasteiger partial charge in [-0.3, -0.25) is 0 Å². The smallest absolute Gasteiger partial charge is 0.120 e. The Labute approximate surface area is 86.1 Å². The van der Waals surface area contributed by atoms with Crippen LogP contribution in [-0.4, -0.2) is 6.29 Å². The van der Waals surface area contributed by atoms with Gasteiger partial charge in [0.2, 0.25) is 0 Å². The van der Waals surface area contributed by atoms with E-state index in [1.165, 1.54) is 11.1 Å². The number of benzene rings is 1. The Morgan fingerprint density at radius 1 is 1.36 bits per heavy atom. The molecule has 0 spiro atoms. The van der Waals surface area contributed by atoms with E-state index in [1.54, 1.807) is 0 Å². The van der Waals surface area contributed by atoms with E-state index in [-0.39, 0.29) is 0 Å². The first kappa shape index (κ1) is 11.0. The first-order valence-electron chi connectivity index (χ1n) is 5.15. The van der Waals surface area contributed by atoms with Crippen LogP contribution in [0.2, 0.25) is 0 Å². The SMILES string of the molecule is Cc1cccc(C(CC=O)C(C)C)c1. The van der Waals surface area contributed by atoms with Crippen molar-refractivity contribution in [1.29, 1.82) is 0 Å². The van der Waals surface area contributed by atoms with E-state index in [0.29, 0.717) is 18.3 Å². The molecule has 0 heterocycles. The zero-order valence-corrected chi connectivity index (χ0v) is 9.16. The number of hydrogen-bond donors (Lipinski definition) is 0. The summed E-state index contributed by atoms with van der Waals surface area (Å²) >= 11 is 0. The molecule has 1 heteroatoms. The van der Waals surface area contributed by atoms with Crippen molar-refractivity contribution in [2.45, 2.75) is 33.1 Å². The highest BCUT2D eigenvalue weighted by Crippen LogP contribution is 2.27. The fourth-order valence-corrected chi connectivity index (χ4v) is 1.80. The minimum atomic E-state index is 0.368. The van der Waals surface area contributed by atoms with Crippen molar-refractivity contribution in [1.82, 2.24) is 0 Å². The van der Waals surface area contributed by atoms with Crippen LogP contribution in [0, 0.1) is 12.8 Å². The molecule has 0 N–H and O–H groups in total. The van der Waals surface area contributed by atoms with Gasteiger partial charge in [-0.1, -0.05) is 43.7 Å². The molecule has 0 saturated heterocycles. The number of rotatable bonds is 4. The second-order valence-corrected chi connectivity index (χ2v) is 4.17. The quantitative estimate of drug-likeness (QED) is 0.666. The molecular formula is C13H18O. The predicted molar refractivity (Wildman–Crippen MR) is 59.4 cm³/mol. The molecule has 1 unspecified atom stereocenters. The monoisotopic (exact) mass is 190 g/mol. The van der Waals surface area contributed by atoms with Crippen molar-refractivity contribution < 1.29 is 4.79 Å². The molecule has 1 aromatic rings. The van der Waals surface area contributed by atoms with Crippen molar-refractivity contribution in [3.8, 4) is 0 Å². The normalized spacial score (nSPS) is 12.9. The van der Waals surface area contributed by atoms with Crippen molar-refractivity contribution >= 4 is 6.29 Å². The van der Waals surface area contributed by atoms with Crippen LogP contribution in [-0.2, 0) is 4.79 Å². The summed E-state index contributed by atoms with van der Waals surface area (Å²) in [7, 11) is 0. The third kappa shape index (κ3) is 2.69. The van der Waals surface area contributed by atoms with Gasteiger partial charge < -0.3 is 4.79 Å². The fraction of sp³-hybridized carbons (Fsp3) is 0.462.